The van der Waals surface area contributed by atoms with Crippen LogP contribution in [-0.2, 0) is 0 Å². The minimum absolute atomic E-state index is 0.764. The van der Waals surface area contributed by atoms with E-state index < -0.39 is 0 Å². The van der Waals surface area contributed by atoms with E-state index in [2.05, 4.69) is 115 Å². The number of hydrogen-bond acceptors (Lipinski definition) is 3. The lowest BCUT2D eigenvalue weighted by atomic mass is 9.86. The molecule has 3 heterocycles. The Morgan fingerprint density at radius 3 is 1.65 bits per heavy atom. The predicted octanol–water partition coefficient (Wildman–Crippen LogP) is 10.8. The van der Waals surface area contributed by atoms with E-state index in [1.165, 1.54) is 43.8 Å². The number of nitrogens with zero attached hydrogens (tertiary/aromatic N) is 2. The van der Waals surface area contributed by atoms with Crippen molar-refractivity contribution in [1.29, 1.82) is 0 Å². The van der Waals surface area contributed by atoms with Gasteiger partial charge in [-0.05, 0) is 62.0 Å². The minimum Gasteiger partial charge on any atom is -0.454 e. The van der Waals surface area contributed by atoms with Crippen molar-refractivity contribution in [2.45, 2.75) is 0 Å². The summed E-state index contributed by atoms with van der Waals surface area (Å²) in [4.78, 5) is 9.71. The molecule has 0 fully saturated rings. The fourth-order valence-electron chi connectivity index (χ4n) is 6.57. The maximum absolute atomic E-state index is 6.35. The van der Waals surface area contributed by atoms with Gasteiger partial charge >= 0.3 is 0 Å². The maximum Gasteiger partial charge on any atom is 0.153 e. The van der Waals surface area contributed by atoms with E-state index in [4.69, 9.17) is 14.4 Å². The molecule has 9 rings (SSSR count). The van der Waals surface area contributed by atoms with Gasteiger partial charge in [-0.1, -0.05) is 115 Å². The van der Waals surface area contributed by atoms with Crippen molar-refractivity contribution in [2.75, 3.05) is 0 Å². The summed E-state index contributed by atoms with van der Waals surface area (Å²) in [5.74, 6) is 0. The second kappa shape index (κ2) is 9.37. The molecule has 0 bridgehead atoms. The van der Waals surface area contributed by atoms with Crippen molar-refractivity contribution in [1.82, 2.24) is 9.97 Å². The van der Waals surface area contributed by atoms with Gasteiger partial charge in [-0.3, -0.25) is 9.97 Å². The lowest BCUT2D eigenvalue weighted by Crippen LogP contribution is -1.92. The van der Waals surface area contributed by atoms with Crippen LogP contribution in [0.1, 0.15) is 0 Å². The Labute approximate surface area is 247 Å². The van der Waals surface area contributed by atoms with Crippen molar-refractivity contribution in [2.24, 2.45) is 0 Å². The Morgan fingerprint density at radius 1 is 0.395 bits per heavy atom. The van der Waals surface area contributed by atoms with Crippen molar-refractivity contribution in [3.63, 3.8) is 0 Å². The van der Waals surface area contributed by atoms with E-state index in [0.717, 1.165) is 44.1 Å². The minimum atomic E-state index is 0.764. The average Bonchev–Trinajstić information content (AvgIpc) is 3.46. The highest BCUT2D eigenvalue weighted by Gasteiger charge is 2.19. The molecule has 3 nitrogen and oxygen atoms in total. The third-order valence-electron chi connectivity index (χ3n) is 8.56. The highest BCUT2D eigenvalue weighted by atomic mass is 16.3. The number of benzene rings is 6. The van der Waals surface area contributed by atoms with Gasteiger partial charge in [-0.2, -0.15) is 0 Å². The Hall–Kier alpha value is -5.80. The number of para-hydroxylation sites is 1. The van der Waals surface area contributed by atoms with Crippen LogP contribution in [-0.4, -0.2) is 9.97 Å². The molecular weight excluding hydrogens is 524 g/mol. The van der Waals surface area contributed by atoms with Crippen molar-refractivity contribution < 1.29 is 4.42 Å². The molecule has 0 aliphatic carbocycles. The zero-order valence-corrected chi connectivity index (χ0v) is 23.2. The Balaban J connectivity index is 1.29. The fraction of sp³-hybridized carbons (Fsp3) is 0. The molecule has 0 N–H and O–H groups in total. The number of fused-ring (bicyclic) bond motifs is 7. The van der Waals surface area contributed by atoms with Gasteiger partial charge in [0.15, 0.2) is 5.58 Å². The highest BCUT2D eigenvalue weighted by Crippen LogP contribution is 2.44. The van der Waals surface area contributed by atoms with Gasteiger partial charge in [0.05, 0.1) is 17.4 Å². The van der Waals surface area contributed by atoms with Crippen LogP contribution in [0.2, 0.25) is 0 Å². The van der Waals surface area contributed by atoms with Crippen LogP contribution in [0.3, 0.4) is 0 Å². The van der Waals surface area contributed by atoms with Crippen LogP contribution in [0, 0.1) is 0 Å². The molecule has 0 radical (unpaired) electrons. The third kappa shape index (κ3) is 3.68. The topological polar surface area (TPSA) is 38.9 Å². The van der Waals surface area contributed by atoms with Gasteiger partial charge in [0.1, 0.15) is 5.58 Å². The zero-order valence-electron chi connectivity index (χ0n) is 23.2. The summed E-state index contributed by atoms with van der Waals surface area (Å²) in [7, 11) is 0. The summed E-state index contributed by atoms with van der Waals surface area (Å²) in [6, 6.07) is 47.1. The van der Waals surface area contributed by atoms with E-state index in [1.807, 2.05) is 30.6 Å². The van der Waals surface area contributed by atoms with Crippen molar-refractivity contribution in [3.05, 3.63) is 146 Å². The smallest absolute Gasteiger partial charge is 0.153 e. The first-order valence-electron chi connectivity index (χ1n) is 14.5. The van der Waals surface area contributed by atoms with E-state index >= 15 is 0 Å². The molecule has 0 atom stereocenters. The predicted molar refractivity (Wildman–Crippen MR) is 178 cm³/mol. The summed E-state index contributed by atoms with van der Waals surface area (Å²) < 4.78 is 6.35. The first kappa shape index (κ1) is 23.9. The van der Waals surface area contributed by atoms with Crippen LogP contribution in [0.25, 0.3) is 87.9 Å². The van der Waals surface area contributed by atoms with Gasteiger partial charge in [0, 0.05) is 27.9 Å². The molecule has 3 heteroatoms. The van der Waals surface area contributed by atoms with Gasteiger partial charge in [-0.25, -0.2) is 0 Å². The first-order chi connectivity index (χ1) is 21.3. The standard InChI is InChI=1S/C40H24N2O/c1-2-10-25(11-3-1)26-18-20-27(21-19-26)38-28-12-4-6-14-30(28)39(31-15-7-5-13-29(31)38)36-22-33-34-23-41-35-17-9-8-16-32(35)40(34)43-37(33)24-42-36/h1-24H. The number of aromatic nitrogens is 2. The van der Waals surface area contributed by atoms with Gasteiger partial charge in [-0.15, -0.1) is 0 Å². The summed E-state index contributed by atoms with van der Waals surface area (Å²) in [6.07, 6.45) is 3.78. The van der Waals surface area contributed by atoms with Gasteiger partial charge < -0.3 is 4.42 Å². The average molecular weight is 549 g/mol. The van der Waals surface area contributed by atoms with E-state index in [-0.39, 0.29) is 0 Å². The van der Waals surface area contributed by atoms with Crippen molar-refractivity contribution in [3.8, 4) is 33.5 Å². The highest BCUT2D eigenvalue weighted by molar-refractivity contribution is 6.22. The molecule has 0 aliphatic rings. The second-order valence-electron chi connectivity index (χ2n) is 11.0. The molecule has 43 heavy (non-hydrogen) atoms. The van der Waals surface area contributed by atoms with Crippen LogP contribution < -0.4 is 0 Å². The largest absolute Gasteiger partial charge is 0.454 e. The SMILES string of the molecule is c1ccc(-c2ccc(-c3c4ccccc4c(-c4cc5c(cn4)oc4c6ccccc6ncc54)c4ccccc34)cc2)cc1. The van der Waals surface area contributed by atoms with E-state index in [1.54, 1.807) is 0 Å². The second-order valence-corrected chi connectivity index (χ2v) is 11.0. The summed E-state index contributed by atoms with van der Waals surface area (Å²) in [5, 5.41) is 7.79. The third-order valence-corrected chi connectivity index (χ3v) is 8.56. The Bertz CT molecular complexity index is 2440. The Morgan fingerprint density at radius 2 is 0.953 bits per heavy atom. The normalized spacial score (nSPS) is 11.7. The van der Waals surface area contributed by atoms with Crippen LogP contribution >= 0.6 is 0 Å². The molecule has 6 aromatic carbocycles. The fourth-order valence-corrected chi connectivity index (χ4v) is 6.57. The lowest BCUT2D eigenvalue weighted by Gasteiger charge is -2.17. The molecule has 0 unspecified atom stereocenters. The molecular formula is C40H24N2O. The van der Waals surface area contributed by atoms with Gasteiger partial charge in [0.2, 0.25) is 0 Å². The van der Waals surface area contributed by atoms with Crippen LogP contribution in [0.5, 0.6) is 0 Å². The summed E-state index contributed by atoms with van der Waals surface area (Å²) in [5.41, 5.74) is 9.44. The van der Waals surface area contributed by atoms with Crippen LogP contribution in [0.4, 0.5) is 0 Å². The molecule has 200 valence electrons. The van der Waals surface area contributed by atoms with E-state index in [0.29, 0.717) is 0 Å². The first-order valence-corrected chi connectivity index (χ1v) is 14.5. The van der Waals surface area contributed by atoms with Crippen molar-refractivity contribution >= 4 is 54.4 Å². The molecule has 0 amide bonds. The number of furan rings is 1. The lowest BCUT2D eigenvalue weighted by molar-refractivity contribution is 0.670. The Kier molecular flexibility index (Phi) is 5.20. The monoisotopic (exact) mass is 548 g/mol. The molecule has 9 aromatic rings. The summed E-state index contributed by atoms with van der Waals surface area (Å²) >= 11 is 0. The maximum atomic E-state index is 6.35. The molecule has 0 aliphatic heterocycles. The summed E-state index contributed by atoms with van der Waals surface area (Å²) in [6.45, 7) is 0. The number of pyridine rings is 2. The molecule has 0 spiro atoms. The van der Waals surface area contributed by atoms with E-state index in [9.17, 15) is 0 Å². The van der Waals surface area contributed by atoms with Crippen LogP contribution in [0.15, 0.2) is 150 Å². The van der Waals surface area contributed by atoms with Gasteiger partial charge in [0.25, 0.3) is 0 Å². The quantitative estimate of drug-likeness (QED) is 0.206. The number of rotatable bonds is 3. The molecule has 0 saturated heterocycles. The zero-order chi connectivity index (χ0) is 28.3. The molecule has 0 saturated carbocycles. The molecule has 3 aromatic heterocycles. The number of hydrogen-bond donors (Lipinski definition) is 0.